The first-order valence-corrected chi connectivity index (χ1v) is 26.3. The summed E-state index contributed by atoms with van der Waals surface area (Å²) in [5.74, 6) is -0.0208. The van der Waals surface area contributed by atoms with Gasteiger partial charge in [0.2, 0.25) is 20.0 Å². The predicted octanol–water partition coefficient (Wildman–Crippen LogP) is 7.93. The Hall–Kier alpha value is -3.68. The Morgan fingerprint density at radius 2 is 1.16 bits per heavy atom. The third-order valence-corrected chi connectivity index (χ3v) is 17.4. The molecule has 2 saturated heterocycles. The van der Waals surface area contributed by atoms with E-state index in [0.29, 0.717) is 6.04 Å². The van der Waals surface area contributed by atoms with Crippen molar-refractivity contribution in [3.63, 3.8) is 0 Å². The number of rotatable bonds is 17. The molecule has 0 saturated carbocycles. The van der Waals surface area contributed by atoms with E-state index >= 15 is 0 Å². The van der Waals surface area contributed by atoms with Gasteiger partial charge in [-0.25, -0.2) is 21.1 Å². The van der Waals surface area contributed by atoms with Gasteiger partial charge in [-0.3, -0.25) is 14.5 Å². The summed E-state index contributed by atoms with van der Waals surface area (Å²) in [7, 11) is -0.444. The van der Waals surface area contributed by atoms with Crippen LogP contribution in [0.1, 0.15) is 38.7 Å². The van der Waals surface area contributed by atoms with E-state index in [1.165, 1.54) is 74.7 Å². The number of anilines is 3. The first-order chi connectivity index (χ1) is 31.7. The number of ketones is 1. The minimum Gasteiger partial charge on any atom is -0.466 e. The number of carbonyl (C=O) groups is 2. The van der Waals surface area contributed by atoms with Crippen LogP contribution in [0, 0.1) is 0 Å². The van der Waals surface area contributed by atoms with Gasteiger partial charge in [0, 0.05) is 108 Å². The largest absolute Gasteiger partial charge is 0.466 e. The van der Waals surface area contributed by atoms with Crippen molar-refractivity contribution < 1.29 is 31.2 Å². The highest BCUT2D eigenvalue weighted by Gasteiger charge is 2.27. The molecule has 2 aliphatic heterocycles. The average molecular weight is 1040 g/mol. The summed E-state index contributed by atoms with van der Waals surface area (Å²) in [6.07, 6.45) is 2.88. The number of hydrogen-bond donors (Lipinski definition) is 1. The van der Waals surface area contributed by atoms with Crippen LogP contribution in [0.2, 0.25) is 20.1 Å². The van der Waals surface area contributed by atoms with Gasteiger partial charge in [0.15, 0.2) is 0 Å². The topological polar surface area (TPSA) is 157 Å². The third kappa shape index (κ3) is 16.2. The summed E-state index contributed by atoms with van der Waals surface area (Å²) in [5, 5.41) is 0.299. The lowest BCUT2D eigenvalue weighted by molar-refractivity contribution is -0.128. The van der Waals surface area contributed by atoms with E-state index in [2.05, 4.69) is 76.5 Å². The van der Waals surface area contributed by atoms with E-state index < -0.39 is 20.0 Å². The Morgan fingerprint density at radius 3 is 1.63 bits per heavy atom. The van der Waals surface area contributed by atoms with Crippen LogP contribution in [0.5, 0.6) is 0 Å². The van der Waals surface area contributed by atoms with Gasteiger partial charge in [-0.1, -0.05) is 70.7 Å². The Kier molecular flexibility index (Phi) is 22.0. The van der Waals surface area contributed by atoms with E-state index in [1.54, 1.807) is 0 Å². The molecule has 2 heterocycles. The van der Waals surface area contributed by atoms with Crippen LogP contribution in [-0.2, 0) is 40.8 Å². The summed E-state index contributed by atoms with van der Waals surface area (Å²) in [5.41, 5.74) is 9.92. The zero-order valence-corrected chi connectivity index (χ0v) is 43.6. The smallest absolute Gasteiger partial charge is 0.293 e. The summed E-state index contributed by atoms with van der Waals surface area (Å²) in [4.78, 5) is 32.0. The minimum absolute atomic E-state index is 0.0111. The van der Waals surface area contributed by atoms with Gasteiger partial charge in [0.05, 0.1) is 20.1 Å². The zero-order valence-electron chi connectivity index (χ0n) is 39.0. The maximum Gasteiger partial charge on any atom is 0.293 e. The SMILES string of the molecule is CC(C)N1CCN(c2ccc(CC(=O)CCN(C)S(=O)(=O)c3cccc(Cl)c3Cl)cc2)CC1.CN(C)C1CCN(c2ccc(N)cc2)CC1.CN(CCOC=O)S(=O)(=O)c1cccc(Cl)c1Cl. The lowest BCUT2D eigenvalue weighted by atomic mass is 10.0. The molecule has 0 spiro atoms. The molecule has 4 aromatic rings. The fourth-order valence-corrected chi connectivity index (χ4v) is 11.2. The molecule has 0 amide bonds. The molecule has 0 unspecified atom stereocenters. The minimum atomic E-state index is -3.83. The van der Waals surface area contributed by atoms with Gasteiger partial charge in [0.25, 0.3) is 6.47 Å². The van der Waals surface area contributed by atoms with Crippen LogP contribution < -0.4 is 15.5 Å². The van der Waals surface area contributed by atoms with Gasteiger partial charge in [-0.15, -0.1) is 0 Å². The molecule has 2 aliphatic rings. The molecule has 14 nitrogen and oxygen atoms in total. The van der Waals surface area contributed by atoms with Crippen molar-refractivity contribution in [2.45, 2.75) is 61.4 Å². The third-order valence-electron chi connectivity index (χ3n) is 11.7. The highest BCUT2D eigenvalue weighted by atomic mass is 35.5. The number of benzene rings is 4. The van der Waals surface area contributed by atoms with Crippen molar-refractivity contribution in [3.8, 4) is 0 Å². The second-order valence-electron chi connectivity index (χ2n) is 16.7. The number of nitrogen functional groups attached to an aromatic ring is 1. The number of nitrogens with zero attached hydrogens (tertiary/aromatic N) is 6. The van der Waals surface area contributed by atoms with Crippen molar-refractivity contribution in [1.29, 1.82) is 0 Å². The summed E-state index contributed by atoms with van der Waals surface area (Å²) < 4.78 is 56.5. The van der Waals surface area contributed by atoms with Crippen molar-refractivity contribution in [1.82, 2.24) is 18.4 Å². The average Bonchev–Trinajstić information content (AvgIpc) is 3.31. The molecule has 0 aliphatic carbocycles. The van der Waals surface area contributed by atoms with Gasteiger partial charge in [0.1, 0.15) is 22.2 Å². The second kappa shape index (κ2) is 26.3. The molecular formula is C47H63Cl4N7O7S2. The van der Waals surface area contributed by atoms with Crippen LogP contribution >= 0.6 is 46.4 Å². The number of ether oxygens (including phenoxy) is 1. The highest BCUT2D eigenvalue weighted by Crippen LogP contribution is 2.32. The van der Waals surface area contributed by atoms with E-state index in [1.807, 2.05) is 24.3 Å². The van der Waals surface area contributed by atoms with Gasteiger partial charge < -0.3 is 25.2 Å². The molecule has 6 rings (SSSR count). The quantitative estimate of drug-likeness (QED) is 0.0620. The number of hydrogen-bond acceptors (Lipinski definition) is 12. The molecule has 67 heavy (non-hydrogen) atoms. The number of Topliss-reactive ketones (excluding diaryl/α,β-unsaturated/α-hetero) is 1. The number of piperidine rings is 1. The van der Waals surface area contributed by atoms with Crippen LogP contribution in [0.4, 0.5) is 17.1 Å². The number of halogens is 4. The molecule has 4 aromatic carbocycles. The van der Waals surface area contributed by atoms with Crippen LogP contribution in [-0.4, -0.2) is 147 Å². The van der Waals surface area contributed by atoms with E-state index in [4.69, 9.17) is 52.1 Å². The first kappa shape index (κ1) is 55.9. The Bertz CT molecular complexity index is 2430. The predicted molar refractivity (Wildman–Crippen MR) is 273 cm³/mol. The molecule has 368 valence electrons. The summed E-state index contributed by atoms with van der Waals surface area (Å²) in [6, 6.07) is 26.4. The van der Waals surface area contributed by atoms with Gasteiger partial charge in [-0.05, 0) is 107 Å². The van der Waals surface area contributed by atoms with Gasteiger partial charge >= 0.3 is 0 Å². The number of piperazine rings is 1. The lowest BCUT2D eigenvalue weighted by Gasteiger charge is -2.38. The summed E-state index contributed by atoms with van der Waals surface area (Å²) >= 11 is 23.6. The van der Waals surface area contributed by atoms with Crippen LogP contribution in [0.25, 0.3) is 0 Å². The Labute approximate surface area is 417 Å². The molecule has 0 bridgehead atoms. The monoisotopic (exact) mass is 1040 g/mol. The molecule has 20 heteroatoms. The molecule has 0 aromatic heterocycles. The van der Waals surface area contributed by atoms with E-state index in [-0.39, 0.29) is 74.7 Å². The number of sulfonamides is 2. The van der Waals surface area contributed by atoms with E-state index in [0.717, 1.165) is 65.2 Å². The Morgan fingerprint density at radius 1 is 0.701 bits per heavy atom. The fraction of sp³-hybridized carbons (Fsp3) is 0.447. The second-order valence-corrected chi connectivity index (χ2v) is 22.3. The molecule has 0 atom stereocenters. The number of likely N-dealkylation sites (N-methyl/N-ethyl adjacent to an activating group) is 1. The normalized spacial score (nSPS) is 15.0. The zero-order chi connectivity index (χ0) is 49.5. The number of nitrogens with two attached hydrogens (primary N) is 1. The van der Waals surface area contributed by atoms with Gasteiger partial charge in [-0.2, -0.15) is 4.31 Å². The molecule has 0 radical (unpaired) electrons. The molecule has 2 fully saturated rings. The first-order valence-electron chi connectivity index (χ1n) is 21.9. The Balaban J connectivity index is 0.000000242. The fourth-order valence-electron chi connectivity index (χ4n) is 7.42. The lowest BCUT2D eigenvalue weighted by Crippen LogP contribution is -2.48. The van der Waals surface area contributed by atoms with Crippen LogP contribution in [0.3, 0.4) is 0 Å². The van der Waals surface area contributed by atoms with E-state index in [9.17, 15) is 26.4 Å². The standard InChI is InChI=1S/C24H31Cl2N3O3S.C13H21N3.C10H11Cl2NO4S/c1-18(2)28-13-15-29(16-14-28)20-9-7-19(8-10-20)17-21(30)11-12-27(3)33(31,32)23-6-4-5-22(25)24(23)26;1-15(2)12-7-9-16(10-8-12)13-5-3-11(14)4-6-13;1-13(5-6-17-7-14)18(15,16)9-4-2-3-8(11)10(9)12/h4-10,18H,11-17H2,1-3H3;3-6,12H,7-10,14H2,1-2H3;2-4,7H,5-6H2,1H3. The number of carbonyl (C=O) groups excluding carboxylic acids is 2. The van der Waals surface area contributed by atoms with Crippen molar-refractivity contribution in [2.24, 2.45) is 0 Å². The van der Waals surface area contributed by atoms with Crippen molar-refractivity contribution in [2.75, 3.05) is 103 Å². The van der Waals surface area contributed by atoms with Crippen LogP contribution in [0.15, 0.2) is 94.7 Å². The highest BCUT2D eigenvalue weighted by molar-refractivity contribution is 7.89. The van der Waals surface area contributed by atoms with Crippen molar-refractivity contribution in [3.05, 3.63) is 111 Å². The molecule has 2 N–H and O–H groups in total. The summed E-state index contributed by atoms with van der Waals surface area (Å²) in [6.45, 7) is 11.2. The maximum atomic E-state index is 12.8. The van der Waals surface area contributed by atoms with Crippen molar-refractivity contribution >= 4 is 95.8 Å². The maximum absolute atomic E-state index is 12.8. The molecular weight excluding hydrogens is 981 g/mol.